The monoisotopic (exact) mass is 410 g/mol. The largest absolute Gasteiger partial charge is 0.317 e. The number of unbranched alkanes of at least 4 members (excludes halogenated alkanes) is 15. The third-order valence-electron chi connectivity index (χ3n) is 6.11. The summed E-state index contributed by atoms with van der Waals surface area (Å²) in [5, 5.41) is 3.65. The summed E-state index contributed by atoms with van der Waals surface area (Å²) in [5.74, 6) is 0. The number of hydrogen-bond donors (Lipinski definition) is 1. The van der Waals surface area contributed by atoms with Crippen molar-refractivity contribution < 1.29 is 0 Å². The van der Waals surface area contributed by atoms with E-state index in [9.17, 15) is 0 Å². The predicted octanol–water partition coefficient (Wildman–Crippen LogP) is 8.35. The average molecular weight is 411 g/mol. The number of hydrogen-bond acceptors (Lipinski definition) is 2. The first-order valence-corrected chi connectivity index (χ1v) is 13.8. The lowest BCUT2D eigenvalue weighted by Crippen LogP contribution is -2.29. The van der Waals surface area contributed by atoms with E-state index >= 15 is 0 Å². The number of nitrogens with one attached hydrogen (secondary N) is 1. The Bertz CT molecular complexity index is 274. The second-order valence-corrected chi connectivity index (χ2v) is 9.25. The van der Waals surface area contributed by atoms with Crippen molar-refractivity contribution in [3.63, 3.8) is 0 Å². The van der Waals surface area contributed by atoms with Crippen molar-refractivity contribution in [2.24, 2.45) is 0 Å². The molecule has 0 saturated carbocycles. The summed E-state index contributed by atoms with van der Waals surface area (Å²) in [5.41, 5.74) is 0. The SMILES string of the molecule is CCCCCCCCCCCCCCCCCCNCCCN(CCC)CCC. The van der Waals surface area contributed by atoms with Crippen LogP contribution in [0.4, 0.5) is 0 Å². The van der Waals surface area contributed by atoms with Gasteiger partial charge >= 0.3 is 0 Å². The zero-order valence-corrected chi connectivity index (χ0v) is 20.9. The Balaban J connectivity index is 3.11. The van der Waals surface area contributed by atoms with Gasteiger partial charge in [0.2, 0.25) is 0 Å². The van der Waals surface area contributed by atoms with Crippen LogP contribution in [0.1, 0.15) is 143 Å². The highest BCUT2D eigenvalue weighted by molar-refractivity contribution is 4.58. The van der Waals surface area contributed by atoms with Crippen LogP contribution in [0.25, 0.3) is 0 Å². The Hall–Kier alpha value is -0.0800. The van der Waals surface area contributed by atoms with Crippen LogP contribution in [0.3, 0.4) is 0 Å². The van der Waals surface area contributed by atoms with E-state index in [1.807, 2.05) is 0 Å². The standard InChI is InChI=1S/C27H58N2/c1-4-7-8-9-10-11-12-13-14-15-16-17-18-19-20-21-23-28-24-22-27-29(25-5-2)26-6-3/h28H,4-27H2,1-3H3. The maximum absolute atomic E-state index is 3.65. The molecule has 0 unspecified atom stereocenters. The van der Waals surface area contributed by atoms with Crippen molar-refractivity contribution in [1.82, 2.24) is 10.2 Å². The molecule has 0 aliphatic rings. The lowest BCUT2D eigenvalue weighted by Gasteiger charge is -2.20. The lowest BCUT2D eigenvalue weighted by atomic mass is 10.0. The first-order valence-electron chi connectivity index (χ1n) is 13.8. The summed E-state index contributed by atoms with van der Waals surface area (Å²) < 4.78 is 0. The average Bonchev–Trinajstić information content (AvgIpc) is 2.72. The van der Waals surface area contributed by atoms with Crippen LogP contribution in [0, 0.1) is 0 Å². The summed E-state index contributed by atoms with van der Waals surface area (Å²) in [6.45, 7) is 13.1. The Morgan fingerprint density at radius 3 is 1.17 bits per heavy atom. The molecule has 0 amide bonds. The van der Waals surface area contributed by atoms with Gasteiger partial charge in [-0.25, -0.2) is 0 Å². The van der Waals surface area contributed by atoms with Crippen LogP contribution in [0.2, 0.25) is 0 Å². The summed E-state index contributed by atoms with van der Waals surface area (Å²) in [7, 11) is 0. The number of nitrogens with zero attached hydrogens (tertiary/aromatic N) is 1. The smallest absolute Gasteiger partial charge is 0.000664 e. The fourth-order valence-corrected chi connectivity index (χ4v) is 4.32. The zero-order chi connectivity index (χ0) is 21.3. The summed E-state index contributed by atoms with van der Waals surface area (Å²) >= 11 is 0. The number of rotatable bonds is 25. The molecule has 0 bridgehead atoms. The third kappa shape index (κ3) is 24.1. The van der Waals surface area contributed by atoms with Crippen molar-refractivity contribution in [2.75, 3.05) is 32.7 Å². The molecule has 0 radical (unpaired) electrons. The van der Waals surface area contributed by atoms with Crippen molar-refractivity contribution in [1.29, 1.82) is 0 Å². The molecule has 0 fully saturated rings. The Morgan fingerprint density at radius 1 is 0.379 bits per heavy atom. The van der Waals surface area contributed by atoms with Crippen molar-refractivity contribution in [3.05, 3.63) is 0 Å². The molecule has 0 aliphatic heterocycles. The Morgan fingerprint density at radius 2 is 0.759 bits per heavy atom. The van der Waals surface area contributed by atoms with E-state index in [1.54, 1.807) is 0 Å². The van der Waals surface area contributed by atoms with Crippen LogP contribution in [-0.4, -0.2) is 37.6 Å². The molecule has 0 aromatic rings. The minimum Gasteiger partial charge on any atom is -0.317 e. The van der Waals surface area contributed by atoms with E-state index in [0.717, 1.165) is 0 Å². The van der Waals surface area contributed by atoms with Crippen molar-refractivity contribution >= 4 is 0 Å². The van der Waals surface area contributed by atoms with Gasteiger partial charge in [-0.3, -0.25) is 0 Å². The highest BCUT2D eigenvalue weighted by Gasteiger charge is 2.01. The summed E-state index contributed by atoms with van der Waals surface area (Å²) in [6, 6.07) is 0. The maximum Gasteiger partial charge on any atom is -0.000664 e. The molecule has 0 aromatic carbocycles. The predicted molar refractivity (Wildman–Crippen MR) is 134 cm³/mol. The first-order chi connectivity index (χ1) is 14.3. The molecule has 1 N–H and O–H groups in total. The molecule has 0 aromatic heterocycles. The van der Waals surface area contributed by atoms with Gasteiger partial charge in [-0.05, 0) is 58.4 Å². The summed E-state index contributed by atoms with van der Waals surface area (Å²) in [6.07, 6.45) is 27.1. The van der Waals surface area contributed by atoms with Crippen LogP contribution in [0.5, 0.6) is 0 Å². The first kappa shape index (κ1) is 28.9. The topological polar surface area (TPSA) is 15.3 Å². The fourth-order valence-electron chi connectivity index (χ4n) is 4.32. The van der Waals surface area contributed by atoms with Gasteiger partial charge in [0, 0.05) is 0 Å². The molecule has 29 heavy (non-hydrogen) atoms. The Kier molecular flexibility index (Phi) is 25.9. The molecular formula is C27H58N2. The zero-order valence-electron chi connectivity index (χ0n) is 20.9. The molecule has 0 atom stereocenters. The van der Waals surface area contributed by atoms with E-state index in [-0.39, 0.29) is 0 Å². The second kappa shape index (κ2) is 26.0. The molecule has 0 saturated heterocycles. The second-order valence-electron chi connectivity index (χ2n) is 9.25. The van der Waals surface area contributed by atoms with E-state index < -0.39 is 0 Å². The van der Waals surface area contributed by atoms with Gasteiger partial charge < -0.3 is 10.2 Å². The van der Waals surface area contributed by atoms with Crippen LogP contribution < -0.4 is 5.32 Å². The van der Waals surface area contributed by atoms with Crippen molar-refractivity contribution in [3.8, 4) is 0 Å². The fraction of sp³-hybridized carbons (Fsp3) is 1.00. The molecule has 2 heteroatoms. The molecule has 176 valence electrons. The van der Waals surface area contributed by atoms with Crippen LogP contribution in [-0.2, 0) is 0 Å². The van der Waals surface area contributed by atoms with Gasteiger partial charge in [-0.1, -0.05) is 117 Å². The van der Waals surface area contributed by atoms with Gasteiger partial charge in [0.15, 0.2) is 0 Å². The highest BCUT2D eigenvalue weighted by atomic mass is 15.1. The van der Waals surface area contributed by atoms with Crippen LogP contribution in [0.15, 0.2) is 0 Å². The van der Waals surface area contributed by atoms with Gasteiger partial charge in [0.25, 0.3) is 0 Å². The highest BCUT2D eigenvalue weighted by Crippen LogP contribution is 2.13. The van der Waals surface area contributed by atoms with E-state index in [2.05, 4.69) is 31.0 Å². The molecule has 0 heterocycles. The quantitative estimate of drug-likeness (QED) is 0.152. The Labute approximate surface area is 186 Å². The van der Waals surface area contributed by atoms with E-state index in [4.69, 9.17) is 0 Å². The van der Waals surface area contributed by atoms with E-state index in [0.29, 0.717) is 0 Å². The van der Waals surface area contributed by atoms with Gasteiger partial charge in [-0.15, -0.1) is 0 Å². The van der Waals surface area contributed by atoms with Gasteiger partial charge in [-0.2, -0.15) is 0 Å². The molecular weight excluding hydrogens is 352 g/mol. The summed E-state index contributed by atoms with van der Waals surface area (Å²) in [4.78, 5) is 2.62. The third-order valence-corrected chi connectivity index (χ3v) is 6.11. The molecule has 2 nitrogen and oxygen atoms in total. The molecule has 0 aliphatic carbocycles. The van der Waals surface area contributed by atoms with Gasteiger partial charge in [0.05, 0.1) is 0 Å². The van der Waals surface area contributed by atoms with Crippen molar-refractivity contribution in [2.45, 2.75) is 143 Å². The van der Waals surface area contributed by atoms with Crippen LogP contribution >= 0.6 is 0 Å². The normalized spacial score (nSPS) is 11.6. The van der Waals surface area contributed by atoms with E-state index in [1.165, 1.54) is 155 Å². The lowest BCUT2D eigenvalue weighted by molar-refractivity contribution is 0.270. The van der Waals surface area contributed by atoms with Gasteiger partial charge in [0.1, 0.15) is 0 Å². The molecule has 0 spiro atoms. The molecule has 0 rings (SSSR count). The maximum atomic E-state index is 3.65. The minimum atomic E-state index is 1.20. The minimum absolute atomic E-state index is 1.20.